The first-order chi connectivity index (χ1) is 8.68. The zero-order chi connectivity index (χ0) is 13.0. The van der Waals surface area contributed by atoms with Crippen LogP contribution in [0.1, 0.15) is 11.4 Å². The van der Waals surface area contributed by atoms with Crippen LogP contribution in [0.2, 0.25) is 0 Å². The van der Waals surface area contributed by atoms with Gasteiger partial charge in [-0.15, -0.1) is 0 Å². The number of anilines is 1. The number of rotatable bonds is 4. The SMILES string of the molecule is CN(Cc1ccccn1)c1cccnc1C(=N)N. The van der Waals surface area contributed by atoms with Gasteiger partial charge in [0.15, 0.2) is 0 Å². The van der Waals surface area contributed by atoms with E-state index in [0.717, 1.165) is 11.4 Å². The molecule has 0 aliphatic heterocycles. The second-order valence-electron chi connectivity index (χ2n) is 3.96. The Morgan fingerprint density at radius 3 is 2.67 bits per heavy atom. The lowest BCUT2D eigenvalue weighted by molar-refractivity contribution is 0.879. The van der Waals surface area contributed by atoms with Crippen molar-refractivity contribution in [3.63, 3.8) is 0 Å². The number of nitrogen functional groups attached to an aromatic ring is 1. The predicted molar refractivity (Wildman–Crippen MR) is 71.6 cm³/mol. The van der Waals surface area contributed by atoms with E-state index in [9.17, 15) is 0 Å². The molecule has 5 heteroatoms. The lowest BCUT2D eigenvalue weighted by Crippen LogP contribution is -2.23. The zero-order valence-electron chi connectivity index (χ0n) is 10.2. The Balaban J connectivity index is 2.24. The van der Waals surface area contributed by atoms with Crippen molar-refractivity contribution in [3.8, 4) is 0 Å². The van der Waals surface area contributed by atoms with Gasteiger partial charge in [-0.3, -0.25) is 15.4 Å². The molecule has 0 saturated heterocycles. The van der Waals surface area contributed by atoms with Crippen LogP contribution < -0.4 is 10.6 Å². The number of nitrogens with zero attached hydrogens (tertiary/aromatic N) is 3. The number of nitrogens with two attached hydrogens (primary N) is 1. The molecule has 0 bridgehead atoms. The van der Waals surface area contributed by atoms with Crippen molar-refractivity contribution in [2.45, 2.75) is 6.54 Å². The van der Waals surface area contributed by atoms with Gasteiger partial charge in [-0.2, -0.15) is 0 Å². The molecule has 0 saturated carbocycles. The van der Waals surface area contributed by atoms with E-state index in [2.05, 4.69) is 9.97 Å². The minimum Gasteiger partial charge on any atom is -0.382 e. The first-order valence-electron chi connectivity index (χ1n) is 5.59. The van der Waals surface area contributed by atoms with Gasteiger partial charge in [0, 0.05) is 19.4 Å². The first-order valence-corrected chi connectivity index (χ1v) is 5.59. The molecular formula is C13H15N5. The number of hydrogen-bond acceptors (Lipinski definition) is 4. The van der Waals surface area contributed by atoms with Gasteiger partial charge in [0.05, 0.1) is 17.9 Å². The van der Waals surface area contributed by atoms with Gasteiger partial charge in [0.1, 0.15) is 11.5 Å². The normalized spacial score (nSPS) is 10.1. The highest BCUT2D eigenvalue weighted by Gasteiger charge is 2.11. The van der Waals surface area contributed by atoms with Gasteiger partial charge in [-0.25, -0.2) is 0 Å². The zero-order valence-corrected chi connectivity index (χ0v) is 10.2. The summed E-state index contributed by atoms with van der Waals surface area (Å²) in [6.07, 6.45) is 3.40. The Hall–Kier alpha value is -2.43. The molecule has 0 atom stereocenters. The van der Waals surface area contributed by atoms with Crippen LogP contribution in [0.15, 0.2) is 42.7 Å². The first kappa shape index (κ1) is 12.0. The number of pyridine rings is 2. The summed E-state index contributed by atoms with van der Waals surface area (Å²) < 4.78 is 0. The van der Waals surface area contributed by atoms with Crippen molar-refractivity contribution >= 4 is 11.5 Å². The monoisotopic (exact) mass is 241 g/mol. The van der Waals surface area contributed by atoms with E-state index in [1.54, 1.807) is 12.4 Å². The molecule has 2 aromatic rings. The highest BCUT2D eigenvalue weighted by molar-refractivity contribution is 5.98. The molecule has 2 rings (SSSR count). The van der Waals surface area contributed by atoms with Crippen LogP contribution in [0.4, 0.5) is 5.69 Å². The molecule has 0 aliphatic carbocycles. The smallest absolute Gasteiger partial charge is 0.143 e. The fourth-order valence-electron chi connectivity index (χ4n) is 1.73. The van der Waals surface area contributed by atoms with Crippen LogP contribution in [0.25, 0.3) is 0 Å². The minimum atomic E-state index is -0.0292. The van der Waals surface area contributed by atoms with Crippen LogP contribution in [0, 0.1) is 5.41 Å². The third-order valence-corrected chi connectivity index (χ3v) is 2.58. The molecule has 2 heterocycles. The molecule has 0 amide bonds. The van der Waals surface area contributed by atoms with E-state index in [1.807, 2.05) is 42.3 Å². The second-order valence-corrected chi connectivity index (χ2v) is 3.96. The Morgan fingerprint density at radius 2 is 2.00 bits per heavy atom. The number of hydrogen-bond donors (Lipinski definition) is 2. The maximum Gasteiger partial charge on any atom is 0.143 e. The second kappa shape index (κ2) is 5.27. The van der Waals surface area contributed by atoms with E-state index in [4.69, 9.17) is 11.1 Å². The molecule has 0 radical (unpaired) electrons. The maximum absolute atomic E-state index is 7.52. The lowest BCUT2D eigenvalue weighted by Gasteiger charge is -2.20. The molecule has 92 valence electrons. The van der Waals surface area contributed by atoms with Crippen molar-refractivity contribution in [1.29, 1.82) is 5.41 Å². The number of nitrogens with one attached hydrogen (secondary N) is 1. The van der Waals surface area contributed by atoms with Gasteiger partial charge in [-0.05, 0) is 24.3 Å². The van der Waals surface area contributed by atoms with E-state index in [1.165, 1.54) is 0 Å². The van der Waals surface area contributed by atoms with Crippen LogP contribution in [0.3, 0.4) is 0 Å². The van der Waals surface area contributed by atoms with Crippen molar-refractivity contribution in [2.24, 2.45) is 5.73 Å². The molecule has 18 heavy (non-hydrogen) atoms. The summed E-state index contributed by atoms with van der Waals surface area (Å²) in [6, 6.07) is 9.52. The standard InChI is InChI=1S/C13H15N5/c1-18(9-10-5-2-3-7-16-10)11-6-4-8-17-12(11)13(14)15/h2-8H,9H2,1H3,(H3,14,15). The lowest BCUT2D eigenvalue weighted by atomic mass is 10.2. The van der Waals surface area contributed by atoms with Gasteiger partial charge >= 0.3 is 0 Å². The fraction of sp³-hybridized carbons (Fsp3) is 0.154. The average molecular weight is 241 g/mol. The molecule has 5 nitrogen and oxygen atoms in total. The van der Waals surface area contributed by atoms with Crippen molar-refractivity contribution in [3.05, 3.63) is 54.1 Å². The summed E-state index contributed by atoms with van der Waals surface area (Å²) in [5, 5.41) is 7.52. The number of aromatic nitrogens is 2. The Bertz CT molecular complexity index is 538. The summed E-state index contributed by atoms with van der Waals surface area (Å²) in [4.78, 5) is 10.4. The third-order valence-electron chi connectivity index (χ3n) is 2.58. The van der Waals surface area contributed by atoms with Crippen molar-refractivity contribution < 1.29 is 0 Å². The van der Waals surface area contributed by atoms with E-state index < -0.39 is 0 Å². The maximum atomic E-state index is 7.52. The van der Waals surface area contributed by atoms with Gasteiger partial charge in [-0.1, -0.05) is 6.07 Å². The van der Waals surface area contributed by atoms with Crippen molar-refractivity contribution in [2.75, 3.05) is 11.9 Å². The van der Waals surface area contributed by atoms with Gasteiger partial charge < -0.3 is 10.6 Å². The molecule has 0 aromatic carbocycles. The summed E-state index contributed by atoms with van der Waals surface area (Å²) in [5.41, 5.74) is 7.81. The van der Waals surface area contributed by atoms with E-state index in [0.29, 0.717) is 12.2 Å². The van der Waals surface area contributed by atoms with E-state index >= 15 is 0 Å². The summed E-state index contributed by atoms with van der Waals surface area (Å²) in [5.74, 6) is -0.0292. The molecule has 0 fully saturated rings. The van der Waals surface area contributed by atoms with E-state index in [-0.39, 0.29) is 5.84 Å². The molecule has 0 unspecified atom stereocenters. The van der Waals surface area contributed by atoms with Crippen LogP contribution in [-0.4, -0.2) is 22.9 Å². The minimum absolute atomic E-state index is 0.0292. The largest absolute Gasteiger partial charge is 0.382 e. The molecule has 0 spiro atoms. The fourth-order valence-corrected chi connectivity index (χ4v) is 1.73. The molecule has 3 N–H and O–H groups in total. The summed E-state index contributed by atoms with van der Waals surface area (Å²) in [6.45, 7) is 0.646. The highest BCUT2D eigenvalue weighted by Crippen LogP contribution is 2.17. The molecule has 0 aliphatic rings. The number of amidine groups is 1. The van der Waals surface area contributed by atoms with Crippen LogP contribution >= 0.6 is 0 Å². The van der Waals surface area contributed by atoms with Crippen LogP contribution in [-0.2, 0) is 6.54 Å². The Labute approximate surface area is 106 Å². The topological polar surface area (TPSA) is 78.9 Å². The quantitative estimate of drug-likeness (QED) is 0.626. The van der Waals surface area contributed by atoms with Gasteiger partial charge in [0.25, 0.3) is 0 Å². The molecule has 2 aromatic heterocycles. The van der Waals surface area contributed by atoms with Crippen LogP contribution in [0.5, 0.6) is 0 Å². The third kappa shape index (κ3) is 2.63. The van der Waals surface area contributed by atoms with Gasteiger partial charge in [0.2, 0.25) is 0 Å². The summed E-state index contributed by atoms with van der Waals surface area (Å²) >= 11 is 0. The Morgan fingerprint density at radius 1 is 1.22 bits per heavy atom. The Kier molecular flexibility index (Phi) is 3.52. The van der Waals surface area contributed by atoms with Crippen molar-refractivity contribution in [1.82, 2.24) is 9.97 Å². The molecular weight excluding hydrogens is 226 g/mol. The summed E-state index contributed by atoms with van der Waals surface area (Å²) in [7, 11) is 1.93. The highest BCUT2D eigenvalue weighted by atomic mass is 15.1. The predicted octanol–water partition coefficient (Wildman–Crippen LogP) is 1.40. The average Bonchev–Trinajstić information content (AvgIpc) is 2.40.